The topological polar surface area (TPSA) is 25.2 Å². The maximum atomic E-state index is 5.21. The molecule has 2 nitrogen and oxygen atoms in total. The molecule has 5 unspecified atom stereocenters. The molecule has 120 valence electrons. The fourth-order valence-electron chi connectivity index (χ4n) is 5.76. The van der Waals surface area contributed by atoms with Crippen LogP contribution in [0.4, 0.5) is 0 Å². The lowest BCUT2D eigenvalue weighted by molar-refractivity contribution is -0.0814. The van der Waals surface area contributed by atoms with Gasteiger partial charge in [-0.25, -0.2) is 0 Å². The summed E-state index contributed by atoms with van der Waals surface area (Å²) in [6.07, 6.45) is 12.9. The average Bonchev–Trinajstić information content (AvgIpc) is 2.61. The molecule has 0 aromatic carbocycles. The van der Waals surface area contributed by atoms with Gasteiger partial charge in [0.25, 0.3) is 0 Å². The van der Waals surface area contributed by atoms with Crippen LogP contribution in [-0.4, -0.2) is 11.2 Å². The Bertz CT molecular complexity index is 698. The monoisotopic (exact) mass is 306 g/mol. The molecule has 23 heavy (non-hydrogen) atoms. The molecule has 2 bridgehead atoms. The Morgan fingerprint density at radius 1 is 1.13 bits per heavy atom. The van der Waals surface area contributed by atoms with Gasteiger partial charge in [0.15, 0.2) is 0 Å². The van der Waals surface area contributed by atoms with Gasteiger partial charge in [0.1, 0.15) is 0 Å². The Labute approximate surface area is 139 Å². The van der Waals surface area contributed by atoms with Crippen molar-refractivity contribution in [3.63, 3.8) is 0 Å². The number of aryl methyl sites for hydroxylation is 1. The Morgan fingerprint density at radius 2 is 2.04 bits per heavy atom. The van der Waals surface area contributed by atoms with E-state index in [0.717, 1.165) is 18.3 Å². The van der Waals surface area contributed by atoms with Gasteiger partial charge in [-0.1, -0.05) is 26.0 Å². The molecule has 5 atom stereocenters. The SMILES string of the molecule is CC1(C)C2CCC(c3ccc4c(n3)C3N=CC=CC3CC4)C1C2. The van der Waals surface area contributed by atoms with Crippen molar-refractivity contribution in [1.29, 1.82) is 0 Å². The van der Waals surface area contributed by atoms with Gasteiger partial charge in [0.2, 0.25) is 0 Å². The Balaban J connectivity index is 1.51. The molecule has 3 fully saturated rings. The highest BCUT2D eigenvalue weighted by atomic mass is 14.9. The standard InChI is InChI=1S/C21H26N2/c1-21(2)15-8-9-16(17(21)12-15)18-10-7-14-6-5-13-4-3-11-22-19(13)20(14)23-18/h3-4,7,10-11,13,15-17,19H,5-6,8-9,12H2,1-2H3. The number of hydrogen-bond donors (Lipinski definition) is 0. The molecule has 1 aliphatic heterocycles. The van der Waals surface area contributed by atoms with Crippen LogP contribution in [0.1, 0.15) is 68.4 Å². The average molecular weight is 306 g/mol. The van der Waals surface area contributed by atoms with Crippen molar-refractivity contribution in [2.75, 3.05) is 0 Å². The summed E-state index contributed by atoms with van der Waals surface area (Å²) in [7, 11) is 0. The lowest BCUT2D eigenvalue weighted by atomic mass is 9.45. The van der Waals surface area contributed by atoms with Crippen molar-refractivity contribution < 1.29 is 0 Å². The number of aliphatic imine (C=N–C) groups is 1. The van der Waals surface area contributed by atoms with E-state index in [-0.39, 0.29) is 6.04 Å². The molecular formula is C21H26N2. The fraction of sp³-hybridized carbons (Fsp3) is 0.619. The number of dihydropyridines is 1. The molecule has 2 heterocycles. The summed E-state index contributed by atoms with van der Waals surface area (Å²) in [4.78, 5) is 9.98. The maximum Gasteiger partial charge on any atom is 0.0984 e. The molecule has 0 spiro atoms. The molecule has 1 aromatic rings. The number of fused-ring (bicyclic) bond motifs is 5. The van der Waals surface area contributed by atoms with Crippen LogP contribution in [0, 0.1) is 23.2 Å². The first kappa shape index (κ1) is 13.9. The van der Waals surface area contributed by atoms with Crippen molar-refractivity contribution in [2.24, 2.45) is 28.2 Å². The van der Waals surface area contributed by atoms with E-state index in [2.05, 4.69) is 38.1 Å². The summed E-state index contributed by atoms with van der Waals surface area (Å²) < 4.78 is 0. The smallest absolute Gasteiger partial charge is 0.0984 e. The third kappa shape index (κ3) is 1.93. The van der Waals surface area contributed by atoms with Crippen molar-refractivity contribution in [1.82, 2.24) is 4.98 Å². The Kier molecular flexibility index (Phi) is 2.90. The minimum Gasteiger partial charge on any atom is -0.283 e. The van der Waals surface area contributed by atoms with Gasteiger partial charge < -0.3 is 0 Å². The number of hydrogen-bond acceptors (Lipinski definition) is 2. The van der Waals surface area contributed by atoms with E-state index in [4.69, 9.17) is 9.98 Å². The Hall–Kier alpha value is -1.44. The van der Waals surface area contributed by atoms with Crippen LogP contribution in [0.15, 0.2) is 29.3 Å². The summed E-state index contributed by atoms with van der Waals surface area (Å²) in [5.74, 6) is 3.02. The molecule has 3 saturated carbocycles. The van der Waals surface area contributed by atoms with Gasteiger partial charge in [-0.3, -0.25) is 9.98 Å². The largest absolute Gasteiger partial charge is 0.283 e. The molecule has 1 aromatic heterocycles. The molecule has 0 saturated heterocycles. The first-order valence-corrected chi connectivity index (χ1v) is 9.34. The minimum atomic E-state index is 0.273. The molecule has 5 aliphatic rings. The second-order valence-corrected chi connectivity index (χ2v) is 8.66. The summed E-state index contributed by atoms with van der Waals surface area (Å²) >= 11 is 0. The molecule has 6 rings (SSSR count). The number of nitrogens with zero attached hydrogens (tertiary/aromatic N) is 2. The van der Waals surface area contributed by atoms with E-state index in [9.17, 15) is 0 Å². The van der Waals surface area contributed by atoms with Gasteiger partial charge in [-0.2, -0.15) is 0 Å². The van der Waals surface area contributed by atoms with E-state index in [1.165, 1.54) is 42.6 Å². The van der Waals surface area contributed by atoms with E-state index >= 15 is 0 Å². The van der Waals surface area contributed by atoms with Gasteiger partial charge in [-0.15, -0.1) is 0 Å². The highest BCUT2D eigenvalue weighted by Gasteiger charge is 2.54. The van der Waals surface area contributed by atoms with Crippen LogP contribution in [0.25, 0.3) is 0 Å². The minimum absolute atomic E-state index is 0.273. The maximum absolute atomic E-state index is 5.21. The van der Waals surface area contributed by atoms with Crippen LogP contribution >= 0.6 is 0 Å². The molecule has 4 aliphatic carbocycles. The molecule has 0 N–H and O–H groups in total. The Morgan fingerprint density at radius 3 is 2.87 bits per heavy atom. The normalized spacial score (nSPS) is 39.3. The van der Waals surface area contributed by atoms with E-state index in [1.807, 2.05) is 6.21 Å². The van der Waals surface area contributed by atoms with Gasteiger partial charge in [-0.05, 0) is 67.1 Å². The third-order valence-corrected chi connectivity index (χ3v) is 7.40. The summed E-state index contributed by atoms with van der Waals surface area (Å²) in [5, 5.41) is 0. The summed E-state index contributed by atoms with van der Waals surface area (Å²) in [6, 6.07) is 4.97. The van der Waals surface area contributed by atoms with Gasteiger partial charge in [0, 0.05) is 23.7 Å². The molecule has 0 radical (unpaired) electrons. The molecule has 0 amide bonds. The molecular weight excluding hydrogens is 280 g/mol. The van der Waals surface area contributed by atoms with Crippen molar-refractivity contribution in [3.8, 4) is 0 Å². The van der Waals surface area contributed by atoms with E-state index < -0.39 is 0 Å². The van der Waals surface area contributed by atoms with Crippen molar-refractivity contribution in [2.45, 2.75) is 57.9 Å². The number of rotatable bonds is 1. The lowest BCUT2D eigenvalue weighted by Gasteiger charge is -2.60. The predicted octanol–water partition coefficient (Wildman–Crippen LogP) is 4.87. The summed E-state index contributed by atoms with van der Waals surface area (Å²) in [6.45, 7) is 4.95. The van der Waals surface area contributed by atoms with Crippen LogP contribution in [-0.2, 0) is 6.42 Å². The number of allylic oxidation sites excluding steroid dienone is 1. The quantitative estimate of drug-likeness (QED) is 0.727. The third-order valence-electron chi connectivity index (χ3n) is 7.40. The van der Waals surface area contributed by atoms with Gasteiger partial charge in [0.05, 0.1) is 11.7 Å². The van der Waals surface area contributed by atoms with Crippen LogP contribution < -0.4 is 0 Å². The molecule has 2 heteroatoms. The number of pyridine rings is 1. The predicted molar refractivity (Wildman–Crippen MR) is 93.8 cm³/mol. The first-order valence-electron chi connectivity index (χ1n) is 9.34. The zero-order valence-electron chi connectivity index (χ0n) is 14.2. The van der Waals surface area contributed by atoms with Crippen LogP contribution in [0.5, 0.6) is 0 Å². The highest BCUT2D eigenvalue weighted by Crippen LogP contribution is 2.63. The van der Waals surface area contributed by atoms with Crippen molar-refractivity contribution in [3.05, 3.63) is 41.2 Å². The lowest BCUT2D eigenvalue weighted by Crippen LogP contribution is -2.51. The van der Waals surface area contributed by atoms with Crippen molar-refractivity contribution >= 4 is 6.21 Å². The van der Waals surface area contributed by atoms with Gasteiger partial charge >= 0.3 is 0 Å². The van der Waals surface area contributed by atoms with E-state index in [0.29, 0.717) is 17.3 Å². The number of aromatic nitrogens is 1. The zero-order chi connectivity index (χ0) is 15.6. The fourth-order valence-corrected chi connectivity index (χ4v) is 5.76. The zero-order valence-corrected chi connectivity index (χ0v) is 14.2. The highest BCUT2D eigenvalue weighted by molar-refractivity contribution is 5.72. The second-order valence-electron chi connectivity index (χ2n) is 8.66. The van der Waals surface area contributed by atoms with Crippen LogP contribution in [0.3, 0.4) is 0 Å². The van der Waals surface area contributed by atoms with E-state index in [1.54, 1.807) is 0 Å². The first-order chi connectivity index (χ1) is 11.1. The summed E-state index contributed by atoms with van der Waals surface area (Å²) in [5.41, 5.74) is 4.59. The van der Waals surface area contributed by atoms with Crippen LogP contribution in [0.2, 0.25) is 0 Å². The second kappa shape index (κ2) is 4.78.